The van der Waals surface area contributed by atoms with E-state index in [2.05, 4.69) is 6.92 Å². The Balaban J connectivity index is 4.22. The summed E-state index contributed by atoms with van der Waals surface area (Å²) in [6, 6.07) is 0. The molecule has 0 saturated heterocycles. The Bertz CT molecular complexity index is 259. The van der Waals surface area contributed by atoms with Crippen LogP contribution in [-0.4, -0.2) is 24.6 Å². The molecule has 0 aliphatic heterocycles. The number of hydrogen-bond donors (Lipinski definition) is 0. The molecule has 4 nitrogen and oxygen atoms in total. The van der Waals surface area contributed by atoms with Crippen LogP contribution in [0.15, 0.2) is 0 Å². The molecule has 0 heterocycles. The van der Waals surface area contributed by atoms with Crippen molar-refractivity contribution in [2.75, 3.05) is 6.61 Å². The van der Waals surface area contributed by atoms with Gasteiger partial charge in [-0.2, -0.15) is 0 Å². The van der Waals surface area contributed by atoms with E-state index in [0.717, 1.165) is 19.3 Å². The molecule has 1 atom stereocenters. The van der Waals surface area contributed by atoms with Crippen molar-refractivity contribution in [3.05, 3.63) is 0 Å². The molecule has 0 saturated carbocycles. The number of rotatable bonds is 8. The summed E-state index contributed by atoms with van der Waals surface area (Å²) in [4.78, 5) is 22.9. The van der Waals surface area contributed by atoms with Gasteiger partial charge in [-0.3, -0.25) is 9.59 Å². The van der Waals surface area contributed by atoms with Crippen molar-refractivity contribution in [3.8, 4) is 0 Å². The summed E-state index contributed by atoms with van der Waals surface area (Å²) < 4.78 is 10.5. The van der Waals surface area contributed by atoms with Gasteiger partial charge in [-0.05, 0) is 12.8 Å². The molecule has 0 aromatic carbocycles. The van der Waals surface area contributed by atoms with E-state index in [-0.39, 0.29) is 36.5 Å². The van der Waals surface area contributed by atoms with Gasteiger partial charge in [0.05, 0.1) is 11.8 Å². The van der Waals surface area contributed by atoms with Crippen LogP contribution < -0.4 is 0 Å². The molecule has 0 aliphatic carbocycles. The summed E-state index contributed by atoms with van der Waals surface area (Å²) in [6.07, 6.45) is 2.39. The Morgan fingerprint density at radius 3 is 2.00 bits per heavy atom. The summed E-state index contributed by atoms with van der Waals surface area (Å²) in [7, 11) is 0. The minimum absolute atomic E-state index is 0.155. The molecule has 0 spiro atoms. The number of unbranched alkanes of at least 4 members (excludes halogenated alkanes) is 1. The average Bonchev–Trinajstić information content (AvgIpc) is 2.31. The summed E-state index contributed by atoms with van der Waals surface area (Å²) in [5.74, 6) is -0.804. The molecule has 18 heavy (non-hydrogen) atoms. The highest BCUT2D eigenvalue weighted by Gasteiger charge is 2.19. The Hall–Kier alpha value is -1.06. The Morgan fingerprint density at radius 1 is 1.00 bits per heavy atom. The quantitative estimate of drug-likeness (QED) is 0.628. The Kier molecular flexibility index (Phi) is 8.42. The smallest absolute Gasteiger partial charge is 0.308 e. The van der Waals surface area contributed by atoms with Crippen molar-refractivity contribution in [2.45, 2.75) is 60.0 Å². The fourth-order valence-corrected chi connectivity index (χ4v) is 1.25. The summed E-state index contributed by atoms with van der Waals surface area (Å²) in [6.45, 7) is 9.38. The maximum absolute atomic E-state index is 11.5. The molecular formula is C14H26O4. The Morgan fingerprint density at radius 2 is 1.56 bits per heavy atom. The number of esters is 2. The third-order valence-corrected chi connectivity index (χ3v) is 2.52. The van der Waals surface area contributed by atoms with E-state index >= 15 is 0 Å². The predicted molar refractivity (Wildman–Crippen MR) is 70.0 cm³/mol. The maximum atomic E-state index is 11.5. The van der Waals surface area contributed by atoms with Crippen LogP contribution in [0.1, 0.15) is 53.9 Å². The van der Waals surface area contributed by atoms with Crippen molar-refractivity contribution in [1.29, 1.82) is 0 Å². The lowest BCUT2D eigenvalue weighted by Crippen LogP contribution is -2.28. The van der Waals surface area contributed by atoms with Gasteiger partial charge < -0.3 is 9.47 Å². The van der Waals surface area contributed by atoms with Crippen molar-refractivity contribution >= 4 is 11.9 Å². The lowest BCUT2D eigenvalue weighted by Gasteiger charge is -2.19. The largest absolute Gasteiger partial charge is 0.462 e. The van der Waals surface area contributed by atoms with Crippen LogP contribution in [0, 0.1) is 11.8 Å². The predicted octanol–water partition coefficient (Wildman–Crippen LogP) is 2.94. The molecule has 106 valence electrons. The average molecular weight is 258 g/mol. The van der Waals surface area contributed by atoms with E-state index < -0.39 is 0 Å². The van der Waals surface area contributed by atoms with Crippen LogP contribution in [0.25, 0.3) is 0 Å². The van der Waals surface area contributed by atoms with Crippen LogP contribution in [-0.2, 0) is 19.1 Å². The van der Waals surface area contributed by atoms with E-state index in [4.69, 9.17) is 9.47 Å². The van der Waals surface area contributed by atoms with E-state index in [1.807, 2.05) is 0 Å². The summed E-state index contributed by atoms with van der Waals surface area (Å²) >= 11 is 0. The summed E-state index contributed by atoms with van der Waals surface area (Å²) in [5.41, 5.74) is 0. The molecule has 0 amide bonds. The molecule has 0 aromatic heterocycles. The fourth-order valence-electron chi connectivity index (χ4n) is 1.25. The lowest BCUT2D eigenvalue weighted by atomic mass is 10.1. The zero-order chi connectivity index (χ0) is 14.1. The molecule has 1 unspecified atom stereocenters. The second-order valence-electron chi connectivity index (χ2n) is 5.14. The molecule has 0 aliphatic rings. The third-order valence-electron chi connectivity index (χ3n) is 2.52. The molecule has 0 N–H and O–H groups in total. The second kappa shape index (κ2) is 8.95. The first-order chi connectivity index (χ1) is 8.38. The molecule has 0 rings (SSSR count). The zero-order valence-electron chi connectivity index (χ0n) is 12.2. The van der Waals surface area contributed by atoms with E-state index in [9.17, 15) is 9.59 Å². The van der Waals surface area contributed by atoms with Gasteiger partial charge in [-0.15, -0.1) is 0 Å². The van der Waals surface area contributed by atoms with Gasteiger partial charge >= 0.3 is 11.9 Å². The minimum Gasteiger partial charge on any atom is -0.462 e. The molecular weight excluding hydrogens is 232 g/mol. The standard InChI is InChI=1S/C14H26O4/c1-6-7-8-12(18-14(16)11(4)5)9-17-13(15)10(2)3/h10-12H,6-9H2,1-5H3. The fraction of sp³-hybridized carbons (Fsp3) is 0.857. The number of carbonyl (C=O) groups excluding carboxylic acids is 2. The van der Waals surface area contributed by atoms with Gasteiger partial charge in [0.15, 0.2) is 0 Å². The molecule has 0 bridgehead atoms. The maximum Gasteiger partial charge on any atom is 0.308 e. The highest BCUT2D eigenvalue weighted by atomic mass is 16.6. The van der Waals surface area contributed by atoms with Gasteiger partial charge in [0.2, 0.25) is 0 Å². The monoisotopic (exact) mass is 258 g/mol. The molecule has 0 aromatic rings. The van der Waals surface area contributed by atoms with Gasteiger partial charge in [0.1, 0.15) is 12.7 Å². The molecule has 4 heteroatoms. The van der Waals surface area contributed by atoms with Crippen molar-refractivity contribution in [3.63, 3.8) is 0 Å². The minimum atomic E-state index is -0.317. The van der Waals surface area contributed by atoms with Gasteiger partial charge in [-0.1, -0.05) is 41.0 Å². The van der Waals surface area contributed by atoms with Crippen molar-refractivity contribution in [1.82, 2.24) is 0 Å². The molecule has 0 radical (unpaired) electrons. The van der Waals surface area contributed by atoms with Gasteiger partial charge in [0.25, 0.3) is 0 Å². The number of hydrogen-bond acceptors (Lipinski definition) is 4. The normalized spacial score (nSPS) is 12.6. The van der Waals surface area contributed by atoms with Crippen LogP contribution in [0.2, 0.25) is 0 Å². The van der Waals surface area contributed by atoms with Crippen molar-refractivity contribution in [2.24, 2.45) is 11.8 Å². The van der Waals surface area contributed by atoms with Crippen LogP contribution in [0.4, 0.5) is 0 Å². The molecule has 0 fully saturated rings. The van der Waals surface area contributed by atoms with E-state index in [0.29, 0.717) is 0 Å². The first kappa shape index (κ1) is 16.9. The number of ether oxygens (including phenoxy) is 2. The highest BCUT2D eigenvalue weighted by Crippen LogP contribution is 2.10. The lowest BCUT2D eigenvalue weighted by molar-refractivity contribution is -0.163. The van der Waals surface area contributed by atoms with Gasteiger partial charge in [0, 0.05) is 0 Å². The SMILES string of the molecule is CCCCC(COC(=O)C(C)C)OC(=O)C(C)C. The van der Waals surface area contributed by atoms with E-state index in [1.54, 1.807) is 27.7 Å². The van der Waals surface area contributed by atoms with Crippen molar-refractivity contribution < 1.29 is 19.1 Å². The number of carbonyl (C=O) groups is 2. The topological polar surface area (TPSA) is 52.6 Å². The first-order valence-corrected chi connectivity index (χ1v) is 6.75. The second-order valence-corrected chi connectivity index (χ2v) is 5.14. The third kappa shape index (κ3) is 7.30. The van der Waals surface area contributed by atoms with Crippen LogP contribution >= 0.6 is 0 Å². The Labute approximate surface area is 110 Å². The van der Waals surface area contributed by atoms with Crippen LogP contribution in [0.5, 0.6) is 0 Å². The van der Waals surface area contributed by atoms with Crippen LogP contribution in [0.3, 0.4) is 0 Å². The first-order valence-electron chi connectivity index (χ1n) is 6.75. The zero-order valence-corrected chi connectivity index (χ0v) is 12.2. The summed E-state index contributed by atoms with van der Waals surface area (Å²) in [5, 5.41) is 0. The highest BCUT2D eigenvalue weighted by molar-refractivity contribution is 5.72. The van der Waals surface area contributed by atoms with Gasteiger partial charge in [-0.25, -0.2) is 0 Å². The van der Waals surface area contributed by atoms with E-state index in [1.165, 1.54) is 0 Å².